The summed E-state index contributed by atoms with van der Waals surface area (Å²) in [6.45, 7) is 2.04. The molecular formula is C19H23NO7S. The maximum Gasteiger partial charge on any atom is 0.320 e. The second-order valence-electron chi connectivity index (χ2n) is 5.92. The van der Waals surface area contributed by atoms with Gasteiger partial charge in [-0.15, -0.1) is 0 Å². The molecule has 0 radical (unpaired) electrons. The van der Waals surface area contributed by atoms with Crippen LogP contribution in [-0.2, 0) is 31.1 Å². The number of aliphatic carboxylic acids is 1. The molecule has 0 spiro atoms. The van der Waals surface area contributed by atoms with Crippen molar-refractivity contribution < 1.29 is 32.4 Å². The van der Waals surface area contributed by atoms with E-state index in [0.717, 1.165) is 11.1 Å². The highest BCUT2D eigenvalue weighted by Gasteiger charge is 2.14. The summed E-state index contributed by atoms with van der Waals surface area (Å²) in [5.41, 5.74) is 7.11. The largest absolute Gasteiger partial charge is 0.480 e. The van der Waals surface area contributed by atoms with Gasteiger partial charge in [-0.1, -0.05) is 48.0 Å². The standard InChI is InChI=1S/C12H15NO4.C7H8O3S/c13-10(12(15)16)6-7-11(14)17-8-9-4-2-1-3-5-9;1-6-2-4-7(5-3-6)11(8,9)10/h1-5,10H,6-8,13H2,(H,15,16);2-5H,1H3,(H,8,9,10)/t10-;/m0./s1. The molecule has 2 aromatic rings. The van der Waals surface area contributed by atoms with E-state index >= 15 is 0 Å². The molecule has 8 nitrogen and oxygen atoms in total. The zero-order valence-electron chi connectivity index (χ0n) is 15.3. The minimum atomic E-state index is -4.02. The number of carbonyl (C=O) groups excluding carboxylic acids is 1. The lowest BCUT2D eigenvalue weighted by Gasteiger charge is -2.07. The van der Waals surface area contributed by atoms with E-state index in [-0.39, 0.29) is 24.3 Å². The Hall–Kier alpha value is -2.75. The number of hydrogen-bond donors (Lipinski definition) is 3. The highest BCUT2D eigenvalue weighted by atomic mass is 32.2. The van der Waals surface area contributed by atoms with Crippen molar-refractivity contribution in [3.63, 3.8) is 0 Å². The number of nitrogens with two attached hydrogens (primary N) is 1. The van der Waals surface area contributed by atoms with E-state index in [1.807, 2.05) is 37.3 Å². The average molecular weight is 409 g/mol. The number of esters is 1. The van der Waals surface area contributed by atoms with Crippen LogP contribution in [0.5, 0.6) is 0 Å². The number of carboxylic acids is 1. The molecular weight excluding hydrogens is 386 g/mol. The molecule has 0 aliphatic heterocycles. The fraction of sp³-hybridized carbons (Fsp3) is 0.263. The number of hydrogen-bond acceptors (Lipinski definition) is 6. The second kappa shape index (κ2) is 11.2. The molecule has 0 unspecified atom stereocenters. The fourth-order valence-electron chi connectivity index (χ4n) is 1.92. The van der Waals surface area contributed by atoms with Gasteiger partial charge in [0.15, 0.2) is 0 Å². The monoisotopic (exact) mass is 409 g/mol. The van der Waals surface area contributed by atoms with E-state index in [9.17, 15) is 18.0 Å². The summed E-state index contributed by atoms with van der Waals surface area (Å²) in [5, 5.41) is 8.53. The predicted octanol–water partition coefficient (Wildman–Crippen LogP) is 2.16. The van der Waals surface area contributed by atoms with Crippen molar-refractivity contribution in [1.82, 2.24) is 0 Å². The summed E-state index contributed by atoms with van der Waals surface area (Å²) in [6.07, 6.45) is 0.100. The first-order valence-electron chi connectivity index (χ1n) is 8.31. The number of ether oxygens (including phenoxy) is 1. The van der Waals surface area contributed by atoms with Crippen LogP contribution in [0.2, 0.25) is 0 Å². The van der Waals surface area contributed by atoms with Gasteiger partial charge in [0.1, 0.15) is 12.6 Å². The number of rotatable bonds is 7. The van der Waals surface area contributed by atoms with Gasteiger partial charge in [0.2, 0.25) is 0 Å². The smallest absolute Gasteiger partial charge is 0.320 e. The van der Waals surface area contributed by atoms with Gasteiger partial charge in [0, 0.05) is 6.42 Å². The van der Waals surface area contributed by atoms with Gasteiger partial charge in [-0.2, -0.15) is 8.42 Å². The Kier molecular flexibility index (Phi) is 9.29. The van der Waals surface area contributed by atoms with Gasteiger partial charge in [-0.25, -0.2) is 0 Å². The van der Waals surface area contributed by atoms with Gasteiger partial charge >= 0.3 is 11.9 Å². The van der Waals surface area contributed by atoms with E-state index in [2.05, 4.69) is 0 Å². The first kappa shape index (κ1) is 23.3. The summed E-state index contributed by atoms with van der Waals surface area (Å²) in [5.74, 6) is -1.55. The molecule has 4 N–H and O–H groups in total. The van der Waals surface area contributed by atoms with Crippen molar-refractivity contribution in [3.05, 3.63) is 65.7 Å². The van der Waals surface area contributed by atoms with Crippen LogP contribution < -0.4 is 5.73 Å². The van der Waals surface area contributed by atoms with E-state index in [1.165, 1.54) is 12.1 Å². The van der Waals surface area contributed by atoms with Crippen molar-refractivity contribution in [2.45, 2.75) is 37.3 Å². The minimum Gasteiger partial charge on any atom is -0.480 e. The highest BCUT2D eigenvalue weighted by Crippen LogP contribution is 2.08. The van der Waals surface area contributed by atoms with Crippen LogP contribution >= 0.6 is 0 Å². The Balaban J connectivity index is 0.000000307. The zero-order valence-corrected chi connectivity index (χ0v) is 16.1. The summed E-state index contributed by atoms with van der Waals surface area (Å²) in [7, 11) is -4.02. The quantitative estimate of drug-likeness (QED) is 0.466. The predicted molar refractivity (Wildman–Crippen MR) is 102 cm³/mol. The number of carbonyl (C=O) groups is 2. The zero-order chi connectivity index (χ0) is 21.2. The lowest BCUT2D eigenvalue weighted by atomic mass is 10.2. The minimum absolute atomic E-state index is 0.0142. The molecule has 0 aliphatic rings. The molecule has 2 rings (SSSR count). The molecule has 28 heavy (non-hydrogen) atoms. The Bertz CT molecular complexity index is 865. The molecule has 0 aromatic heterocycles. The highest BCUT2D eigenvalue weighted by molar-refractivity contribution is 7.85. The van der Waals surface area contributed by atoms with Crippen LogP contribution in [0.25, 0.3) is 0 Å². The average Bonchev–Trinajstić information content (AvgIpc) is 2.65. The fourth-order valence-corrected chi connectivity index (χ4v) is 2.40. The summed E-state index contributed by atoms with van der Waals surface area (Å²) in [4.78, 5) is 21.6. The van der Waals surface area contributed by atoms with Gasteiger partial charge in [0.05, 0.1) is 4.90 Å². The molecule has 0 bridgehead atoms. The van der Waals surface area contributed by atoms with Crippen LogP contribution in [0.3, 0.4) is 0 Å². The van der Waals surface area contributed by atoms with Gasteiger partial charge in [-0.05, 0) is 31.0 Å². The number of carboxylic acid groups (broad SMARTS) is 1. The van der Waals surface area contributed by atoms with Gasteiger partial charge in [-0.3, -0.25) is 14.1 Å². The molecule has 0 aliphatic carbocycles. The first-order chi connectivity index (χ1) is 13.1. The molecule has 2 aromatic carbocycles. The molecule has 0 fully saturated rings. The van der Waals surface area contributed by atoms with Crippen molar-refractivity contribution >= 4 is 22.1 Å². The Morgan fingerprint density at radius 3 is 2.14 bits per heavy atom. The lowest BCUT2D eigenvalue weighted by molar-refractivity contribution is -0.145. The van der Waals surface area contributed by atoms with Crippen LogP contribution in [0.15, 0.2) is 59.5 Å². The topological polar surface area (TPSA) is 144 Å². The van der Waals surface area contributed by atoms with Crippen molar-refractivity contribution in [3.8, 4) is 0 Å². The molecule has 9 heteroatoms. The molecule has 0 saturated heterocycles. The third kappa shape index (κ3) is 9.26. The Morgan fingerprint density at radius 1 is 1.07 bits per heavy atom. The van der Waals surface area contributed by atoms with Gasteiger partial charge < -0.3 is 15.6 Å². The number of aryl methyl sites for hydroxylation is 1. The maximum absolute atomic E-state index is 11.3. The van der Waals surface area contributed by atoms with Crippen LogP contribution in [-0.4, -0.2) is 36.1 Å². The molecule has 1 atom stereocenters. The third-order valence-corrected chi connectivity index (χ3v) is 4.41. The van der Waals surface area contributed by atoms with E-state index in [1.54, 1.807) is 12.1 Å². The van der Waals surface area contributed by atoms with E-state index in [0.29, 0.717) is 0 Å². The van der Waals surface area contributed by atoms with Crippen molar-refractivity contribution in [1.29, 1.82) is 0 Å². The third-order valence-electron chi connectivity index (χ3n) is 3.54. The summed E-state index contributed by atoms with van der Waals surface area (Å²) < 4.78 is 34.5. The van der Waals surface area contributed by atoms with Crippen LogP contribution in [0.4, 0.5) is 0 Å². The Morgan fingerprint density at radius 2 is 1.64 bits per heavy atom. The van der Waals surface area contributed by atoms with Crippen LogP contribution in [0, 0.1) is 6.92 Å². The normalized spacial score (nSPS) is 11.7. The van der Waals surface area contributed by atoms with Crippen LogP contribution in [0.1, 0.15) is 24.0 Å². The van der Waals surface area contributed by atoms with E-state index < -0.39 is 28.1 Å². The molecule has 0 heterocycles. The van der Waals surface area contributed by atoms with Crippen molar-refractivity contribution in [2.75, 3.05) is 0 Å². The SMILES string of the molecule is Cc1ccc(S(=O)(=O)O)cc1.N[C@@H](CCC(=O)OCc1ccccc1)C(=O)O. The van der Waals surface area contributed by atoms with E-state index in [4.69, 9.17) is 20.1 Å². The molecule has 0 amide bonds. The lowest BCUT2D eigenvalue weighted by Crippen LogP contribution is -2.30. The second-order valence-corrected chi connectivity index (χ2v) is 7.34. The summed E-state index contributed by atoms with van der Waals surface area (Å²) in [6, 6.07) is 14.2. The number of benzene rings is 2. The molecule has 0 saturated carbocycles. The van der Waals surface area contributed by atoms with Gasteiger partial charge in [0.25, 0.3) is 10.1 Å². The maximum atomic E-state index is 11.3. The van der Waals surface area contributed by atoms with Crippen molar-refractivity contribution in [2.24, 2.45) is 5.73 Å². The summed E-state index contributed by atoms with van der Waals surface area (Å²) >= 11 is 0. The molecule has 152 valence electrons. The first-order valence-corrected chi connectivity index (χ1v) is 9.75. The Labute approximate surface area is 163 Å².